The highest BCUT2D eigenvalue weighted by Crippen LogP contribution is 2.21. The molecule has 0 radical (unpaired) electrons. The molecule has 1 atom stereocenters. The predicted molar refractivity (Wildman–Crippen MR) is 59.9 cm³/mol. The van der Waals surface area contributed by atoms with Gasteiger partial charge in [0.2, 0.25) is 0 Å². The molecular formula is C12H16N2O2. The Kier molecular flexibility index (Phi) is 3.51. The minimum absolute atomic E-state index is 0.298. The number of carbonyl (C=O) groups is 1. The van der Waals surface area contributed by atoms with Crippen LogP contribution in [0.4, 0.5) is 0 Å². The molecule has 1 saturated heterocycles. The fourth-order valence-corrected chi connectivity index (χ4v) is 2.22. The smallest absolute Gasteiger partial charge is 0.303 e. The standard InChI is InChI=1S/C12H16N2O2/c15-12(16)7-11-3-6-14(9-11)8-10-1-4-13-5-2-10/h1-2,4-5,11H,3,6-9H2,(H,15,16)/t11-/m1/s1. The van der Waals surface area contributed by atoms with E-state index in [1.807, 2.05) is 12.1 Å². The number of hydrogen-bond acceptors (Lipinski definition) is 3. The first kappa shape index (κ1) is 11.1. The number of pyridine rings is 1. The van der Waals surface area contributed by atoms with Crippen molar-refractivity contribution in [1.82, 2.24) is 9.88 Å². The Morgan fingerprint density at radius 3 is 2.94 bits per heavy atom. The minimum Gasteiger partial charge on any atom is -0.481 e. The van der Waals surface area contributed by atoms with E-state index >= 15 is 0 Å². The van der Waals surface area contributed by atoms with Gasteiger partial charge in [0.1, 0.15) is 0 Å². The van der Waals surface area contributed by atoms with Gasteiger partial charge in [-0.15, -0.1) is 0 Å². The minimum atomic E-state index is -0.684. The van der Waals surface area contributed by atoms with Crippen molar-refractivity contribution in [3.05, 3.63) is 30.1 Å². The second-order valence-electron chi connectivity index (χ2n) is 4.34. The lowest BCUT2D eigenvalue weighted by molar-refractivity contribution is -0.138. The van der Waals surface area contributed by atoms with E-state index in [2.05, 4.69) is 9.88 Å². The summed E-state index contributed by atoms with van der Waals surface area (Å²) in [6.07, 6.45) is 4.88. The van der Waals surface area contributed by atoms with E-state index in [1.54, 1.807) is 12.4 Å². The quantitative estimate of drug-likeness (QED) is 0.832. The van der Waals surface area contributed by atoms with Crippen LogP contribution in [0.2, 0.25) is 0 Å². The molecule has 86 valence electrons. The first-order valence-corrected chi connectivity index (χ1v) is 5.57. The summed E-state index contributed by atoms with van der Waals surface area (Å²) in [6, 6.07) is 4.01. The van der Waals surface area contributed by atoms with E-state index in [9.17, 15) is 4.79 Å². The Labute approximate surface area is 94.9 Å². The van der Waals surface area contributed by atoms with Crippen molar-refractivity contribution in [2.75, 3.05) is 13.1 Å². The maximum Gasteiger partial charge on any atom is 0.303 e. The van der Waals surface area contributed by atoms with Crippen molar-refractivity contribution >= 4 is 5.97 Å². The van der Waals surface area contributed by atoms with Gasteiger partial charge in [-0.3, -0.25) is 14.7 Å². The highest BCUT2D eigenvalue weighted by Gasteiger charge is 2.24. The third kappa shape index (κ3) is 3.03. The number of aliphatic carboxylic acids is 1. The van der Waals surface area contributed by atoms with Crippen molar-refractivity contribution in [1.29, 1.82) is 0 Å². The number of hydrogen-bond donors (Lipinski definition) is 1. The highest BCUT2D eigenvalue weighted by atomic mass is 16.4. The molecule has 0 bridgehead atoms. The highest BCUT2D eigenvalue weighted by molar-refractivity contribution is 5.67. The van der Waals surface area contributed by atoms with Gasteiger partial charge in [-0.1, -0.05) is 0 Å². The van der Waals surface area contributed by atoms with Crippen LogP contribution in [0.5, 0.6) is 0 Å². The summed E-state index contributed by atoms with van der Waals surface area (Å²) >= 11 is 0. The zero-order chi connectivity index (χ0) is 11.4. The Morgan fingerprint density at radius 1 is 1.50 bits per heavy atom. The summed E-state index contributed by atoms with van der Waals surface area (Å²) in [6.45, 7) is 2.80. The Morgan fingerprint density at radius 2 is 2.25 bits per heavy atom. The Balaban J connectivity index is 1.83. The molecule has 1 fully saturated rings. The monoisotopic (exact) mass is 220 g/mol. The summed E-state index contributed by atoms with van der Waals surface area (Å²) in [5.41, 5.74) is 1.24. The van der Waals surface area contributed by atoms with Gasteiger partial charge in [-0.2, -0.15) is 0 Å². The predicted octanol–water partition coefficient (Wildman–Crippen LogP) is 1.38. The van der Waals surface area contributed by atoms with Gasteiger partial charge in [0.15, 0.2) is 0 Å². The molecular weight excluding hydrogens is 204 g/mol. The molecule has 1 aliphatic rings. The molecule has 2 rings (SSSR count). The third-order valence-electron chi connectivity index (χ3n) is 2.99. The van der Waals surface area contributed by atoms with E-state index < -0.39 is 5.97 Å². The molecule has 1 N–H and O–H groups in total. The van der Waals surface area contributed by atoms with E-state index in [1.165, 1.54) is 5.56 Å². The molecule has 4 nitrogen and oxygen atoms in total. The van der Waals surface area contributed by atoms with Gasteiger partial charge in [-0.25, -0.2) is 0 Å². The number of carboxylic acids is 1. The lowest BCUT2D eigenvalue weighted by Gasteiger charge is -2.15. The van der Waals surface area contributed by atoms with Crippen molar-refractivity contribution in [3.63, 3.8) is 0 Å². The van der Waals surface area contributed by atoms with E-state index in [-0.39, 0.29) is 0 Å². The summed E-state index contributed by atoms with van der Waals surface area (Å²) in [4.78, 5) is 16.9. The van der Waals surface area contributed by atoms with Crippen molar-refractivity contribution in [2.45, 2.75) is 19.4 Å². The second-order valence-corrected chi connectivity index (χ2v) is 4.34. The maximum atomic E-state index is 10.6. The van der Waals surface area contributed by atoms with Crippen LogP contribution in [0.25, 0.3) is 0 Å². The van der Waals surface area contributed by atoms with Gasteiger partial charge in [0.05, 0.1) is 0 Å². The van der Waals surface area contributed by atoms with E-state index in [4.69, 9.17) is 5.11 Å². The zero-order valence-corrected chi connectivity index (χ0v) is 9.17. The molecule has 1 aromatic rings. The van der Waals surface area contributed by atoms with Gasteiger partial charge >= 0.3 is 5.97 Å². The average molecular weight is 220 g/mol. The summed E-state index contributed by atoms with van der Waals surface area (Å²) in [5.74, 6) is -0.366. The Bertz CT molecular complexity index is 353. The molecule has 1 aromatic heterocycles. The molecule has 16 heavy (non-hydrogen) atoms. The SMILES string of the molecule is O=C(O)C[C@H]1CCN(Cc2ccncc2)C1. The van der Waals surface area contributed by atoms with Gasteiger partial charge in [-0.05, 0) is 36.6 Å². The first-order valence-electron chi connectivity index (χ1n) is 5.57. The summed E-state index contributed by atoms with van der Waals surface area (Å²) in [7, 11) is 0. The molecule has 0 aliphatic carbocycles. The largest absolute Gasteiger partial charge is 0.481 e. The van der Waals surface area contributed by atoms with Crippen molar-refractivity contribution in [2.24, 2.45) is 5.92 Å². The van der Waals surface area contributed by atoms with E-state index in [0.717, 1.165) is 26.1 Å². The molecule has 0 aromatic carbocycles. The van der Waals surface area contributed by atoms with Crippen LogP contribution < -0.4 is 0 Å². The number of carboxylic acid groups (broad SMARTS) is 1. The van der Waals surface area contributed by atoms with Crippen molar-refractivity contribution < 1.29 is 9.90 Å². The first-order chi connectivity index (χ1) is 7.74. The fourth-order valence-electron chi connectivity index (χ4n) is 2.22. The molecule has 0 spiro atoms. The van der Waals surface area contributed by atoms with Gasteiger partial charge in [0.25, 0.3) is 0 Å². The number of aromatic nitrogens is 1. The topological polar surface area (TPSA) is 53.4 Å². The van der Waals surface area contributed by atoms with E-state index in [0.29, 0.717) is 12.3 Å². The molecule has 4 heteroatoms. The average Bonchev–Trinajstić information content (AvgIpc) is 2.66. The van der Waals surface area contributed by atoms with Crippen LogP contribution in [0.1, 0.15) is 18.4 Å². The van der Waals surface area contributed by atoms with Crippen molar-refractivity contribution in [3.8, 4) is 0 Å². The number of likely N-dealkylation sites (tertiary alicyclic amines) is 1. The van der Waals surface area contributed by atoms with Crippen LogP contribution in [0.3, 0.4) is 0 Å². The molecule has 0 amide bonds. The zero-order valence-electron chi connectivity index (χ0n) is 9.17. The molecule has 2 heterocycles. The molecule has 0 saturated carbocycles. The lowest BCUT2D eigenvalue weighted by Crippen LogP contribution is -2.20. The molecule has 1 aliphatic heterocycles. The second kappa shape index (κ2) is 5.07. The summed E-state index contributed by atoms with van der Waals surface area (Å²) < 4.78 is 0. The number of rotatable bonds is 4. The summed E-state index contributed by atoms with van der Waals surface area (Å²) in [5, 5.41) is 8.72. The third-order valence-corrected chi connectivity index (χ3v) is 2.99. The fraction of sp³-hybridized carbons (Fsp3) is 0.500. The van der Waals surface area contributed by atoms with Gasteiger partial charge < -0.3 is 5.11 Å². The maximum absolute atomic E-state index is 10.6. The molecule has 0 unspecified atom stereocenters. The number of nitrogens with zero attached hydrogens (tertiary/aromatic N) is 2. The van der Waals surface area contributed by atoms with Crippen LogP contribution in [0.15, 0.2) is 24.5 Å². The van der Waals surface area contributed by atoms with Gasteiger partial charge in [0, 0.05) is 31.9 Å². The normalized spacial score (nSPS) is 21.1. The van der Waals surface area contributed by atoms with Crippen LogP contribution in [-0.2, 0) is 11.3 Å². The van der Waals surface area contributed by atoms with Crippen LogP contribution >= 0.6 is 0 Å². The van der Waals surface area contributed by atoms with Crippen LogP contribution in [0, 0.1) is 5.92 Å². The Hall–Kier alpha value is -1.42. The van der Waals surface area contributed by atoms with Crippen LogP contribution in [-0.4, -0.2) is 34.0 Å². The lowest BCUT2D eigenvalue weighted by atomic mass is 10.1.